The molecule has 0 aliphatic carbocycles. The van der Waals surface area contributed by atoms with Crippen LogP contribution < -0.4 is 5.32 Å². The van der Waals surface area contributed by atoms with Gasteiger partial charge in [0.2, 0.25) is 0 Å². The fraction of sp³-hybridized carbons (Fsp3) is 0.429. The zero-order valence-electron chi connectivity index (χ0n) is 10.8. The van der Waals surface area contributed by atoms with E-state index in [2.05, 4.69) is 22.3 Å². The maximum atomic E-state index is 4.68. The number of pyridine rings is 1. The fourth-order valence-corrected chi connectivity index (χ4v) is 2.76. The summed E-state index contributed by atoms with van der Waals surface area (Å²) < 4.78 is 1.95. The lowest BCUT2D eigenvalue weighted by Gasteiger charge is -2.07. The Kier molecular flexibility index (Phi) is 2.88. The normalized spacial score (nSPS) is 19.3. The summed E-state index contributed by atoms with van der Waals surface area (Å²) in [7, 11) is 2.00. The molecule has 1 aliphatic heterocycles. The Balaban J connectivity index is 2.06. The predicted octanol–water partition coefficient (Wildman–Crippen LogP) is 2.22. The van der Waals surface area contributed by atoms with Gasteiger partial charge >= 0.3 is 0 Å². The SMILES string of the molecule is Cc1c(C2CCCN2)nn(C)c1-c1ccccn1. The molecule has 94 valence electrons. The molecule has 1 aliphatic rings. The van der Waals surface area contributed by atoms with E-state index in [1.165, 1.54) is 24.1 Å². The summed E-state index contributed by atoms with van der Waals surface area (Å²) in [4.78, 5) is 4.43. The average Bonchev–Trinajstić information content (AvgIpc) is 2.99. The topological polar surface area (TPSA) is 42.7 Å². The first-order chi connectivity index (χ1) is 8.77. The zero-order chi connectivity index (χ0) is 12.5. The van der Waals surface area contributed by atoms with Gasteiger partial charge in [-0.2, -0.15) is 5.10 Å². The number of nitrogens with one attached hydrogen (secondary N) is 1. The molecule has 4 heteroatoms. The average molecular weight is 242 g/mol. The first-order valence-corrected chi connectivity index (χ1v) is 6.45. The smallest absolute Gasteiger partial charge is 0.0895 e. The molecule has 1 N–H and O–H groups in total. The lowest BCUT2D eigenvalue weighted by atomic mass is 10.1. The van der Waals surface area contributed by atoms with Crippen molar-refractivity contribution in [3.05, 3.63) is 35.7 Å². The van der Waals surface area contributed by atoms with Gasteiger partial charge in [-0.15, -0.1) is 0 Å². The first kappa shape index (κ1) is 11.4. The van der Waals surface area contributed by atoms with Crippen molar-refractivity contribution in [2.45, 2.75) is 25.8 Å². The van der Waals surface area contributed by atoms with Gasteiger partial charge in [-0.05, 0) is 38.4 Å². The monoisotopic (exact) mass is 242 g/mol. The highest BCUT2D eigenvalue weighted by atomic mass is 15.3. The van der Waals surface area contributed by atoms with Crippen molar-refractivity contribution in [2.75, 3.05) is 6.54 Å². The van der Waals surface area contributed by atoms with Gasteiger partial charge in [-0.1, -0.05) is 6.07 Å². The Labute approximate surface area is 107 Å². The second kappa shape index (κ2) is 4.53. The molecule has 1 atom stereocenters. The Hall–Kier alpha value is -1.68. The van der Waals surface area contributed by atoms with E-state index >= 15 is 0 Å². The van der Waals surface area contributed by atoms with E-state index in [1.807, 2.05) is 36.1 Å². The Morgan fingerprint density at radius 2 is 2.28 bits per heavy atom. The van der Waals surface area contributed by atoms with E-state index in [1.54, 1.807) is 0 Å². The van der Waals surface area contributed by atoms with Crippen LogP contribution in [0.25, 0.3) is 11.4 Å². The quantitative estimate of drug-likeness (QED) is 0.878. The van der Waals surface area contributed by atoms with Crippen LogP contribution in [0.2, 0.25) is 0 Å². The molecular formula is C14H18N4. The number of rotatable bonds is 2. The molecule has 3 rings (SSSR count). The lowest BCUT2D eigenvalue weighted by molar-refractivity contribution is 0.605. The second-order valence-corrected chi connectivity index (χ2v) is 4.85. The molecule has 18 heavy (non-hydrogen) atoms. The molecule has 1 unspecified atom stereocenters. The van der Waals surface area contributed by atoms with Crippen LogP contribution in [0, 0.1) is 6.92 Å². The highest BCUT2D eigenvalue weighted by Crippen LogP contribution is 2.30. The van der Waals surface area contributed by atoms with Crippen LogP contribution in [0.4, 0.5) is 0 Å². The van der Waals surface area contributed by atoms with Crippen LogP contribution in [-0.4, -0.2) is 21.3 Å². The van der Waals surface area contributed by atoms with Gasteiger partial charge in [0.25, 0.3) is 0 Å². The van der Waals surface area contributed by atoms with Gasteiger partial charge in [-0.25, -0.2) is 0 Å². The van der Waals surface area contributed by atoms with Crippen molar-refractivity contribution >= 4 is 0 Å². The van der Waals surface area contributed by atoms with Crippen LogP contribution in [0.15, 0.2) is 24.4 Å². The first-order valence-electron chi connectivity index (χ1n) is 6.45. The summed E-state index contributed by atoms with van der Waals surface area (Å²) in [6, 6.07) is 6.40. The van der Waals surface area contributed by atoms with Crippen molar-refractivity contribution in [1.82, 2.24) is 20.1 Å². The third kappa shape index (κ3) is 1.82. The number of nitrogens with zero attached hydrogens (tertiary/aromatic N) is 3. The highest BCUT2D eigenvalue weighted by molar-refractivity contribution is 5.60. The lowest BCUT2D eigenvalue weighted by Crippen LogP contribution is -2.14. The molecule has 0 bridgehead atoms. The largest absolute Gasteiger partial charge is 0.309 e. The summed E-state index contributed by atoms with van der Waals surface area (Å²) >= 11 is 0. The van der Waals surface area contributed by atoms with Gasteiger partial charge in [-0.3, -0.25) is 9.67 Å². The minimum atomic E-state index is 0.411. The molecule has 0 saturated carbocycles. The molecule has 0 radical (unpaired) electrons. The number of hydrogen-bond donors (Lipinski definition) is 1. The zero-order valence-corrected chi connectivity index (χ0v) is 10.8. The molecule has 0 amide bonds. The van der Waals surface area contributed by atoms with Crippen molar-refractivity contribution in [1.29, 1.82) is 0 Å². The minimum Gasteiger partial charge on any atom is -0.309 e. The number of aromatic nitrogens is 3. The van der Waals surface area contributed by atoms with Gasteiger partial charge in [0.05, 0.1) is 23.1 Å². The van der Waals surface area contributed by atoms with Crippen molar-refractivity contribution < 1.29 is 0 Å². The molecule has 3 heterocycles. The molecule has 0 aromatic carbocycles. The Morgan fingerprint density at radius 3 is 2.94 bits per heavy atom. The van der Waals surface area contributed by atoms with E-state index in [4.69, 9.17) is 0 Å². The van der Waals surface area contributed by atoms with Crippen molar-refractivity contribution in [3.63, 3.8) is 0 Å². The van der Waals surface area contributed by atoms with Crippen LogP contribution in [0.1, 0.15) is 30.1 Å². The molecule has 2 aromatic heterocycles. The third-order valence-electron chi connectivity index (χ3n) is 3.62. The van der Waals surface area contributed by atoms with E-state index in [9.17, 15) is 0 Å². The maximum Gasteiger partial charge on any atom is 0.0895 e. The Morgan fingerprint density at radius 1 is 1.39 bits per heavy atom. The molecule has 0 spiro atoms. The summed E-state index contributed by atoms with van der Waals surface area (Å²) in [6.45, 7) is 3.24. The molecule has 4 nitrogen and oxygen atoms in total. The van der Waals surface area contributed by atoms with Gasteiger partial charge in [0.15, 0.2) is 0 Å². The Bertz CT molecular complexity index is 538. The van der Waals surface area contributed by atoms with Crippen LogP contribution in [0.3, 0.4) is 0 Å². The molecule has 2 aromatic rings. The van der Waals surface area contributed by atoms with Gasteiger partial charge in [0, 0.05) is 18.8 Å². The summed E-state index contributed by atoms with van der Waals surface area (Å²) in [5, 5.41) is 8.19. The van der Waals surface area contributed by atoms with Crippen LogP contribution in [-0.2, 0) is 7.05 Å². The number of aryl methyl sites for hydroxylation is 1. The third-order valence-corrected chi connectivity index (χ3v) is 3.62. The van der Waals surface area contributed by atoms with Crippen molar-refractivity contribution in [2.24, 2.45) is 7.05 Å². The standard InChI is InChI=1S/C14H18N4/c1-10-13(11-7-5-9-15-11)17-18(2)14(10)12-6-3-4-8-16-12/h3-4,6,8,11,15H,5,7,9H2,1-2H3. The van der Waals surface area contributed by atoms with Gasteiger partial charge < -0.3 is 5.32 Å². The summed E-state index contributed by atoms with van der Waals surface area (Å²) in [5.74, 6) is 0. The molecule has 1 saturated heterocycles. The maximum absolute atomic E-state index is 4.68. The van der Waals surface area contributed by atoms with E-state index in [-0.39, 0.29) is 0 Å². The van der Waals surface area contributed by atoms with Crippen molar-refractivity contribution in [3.8, 4) is 11.4 Å². The highest BCUT2D eigenvalue weighted by Gasteiger charge is 2.24. The minimum absolute atomic E-state index is 0.411. The molecule has 1 fully saturated rings. The van der Waals surface area contributed by atoms with E-state index in [0.29, 0.717) is 6.04 Å². The number of hydrogen-bond acceptors (Lipinski definition) is 3. The predicted molar refractivity (Wildman–Crippen MR) is 71.2 cm³/mol. The van der Waals surface area contributed by atoms with E-state index < -0.39 is 0 Å². The van der Waals surface area contributed by atoms with Crippen LogP contribution >= 0.6 is 0 Å². The summed E-state index contributed by atoms with van der Waals surface area (Å²) in [6.07, 6.45) is 4.24. The second-order valence-electron chi connectivity index (χ2n) is 4.85. The van der Waals surface area contributed by atoms with Gasteiger partial charge in [0.1, 0.15) is 0 Å². The van der Waals surface area contributed by atoms with E-state index in [0.717, 1.165) is 17.9 Å². The fourth-order valence-electron chi connectivity index (χ4n) is 2.76. The molecular weight excluding hydrogens is 224 g/mol. The van der Waals surface area contributed by atoms with Crippen LogP contribution in [0.5, 0.6) is 0 Å². The summed E-state index contributed by atoms with van der Waals surface area (Å²) in [5.41, 5.74) is 4.54.